The molecule has 38 heavy (non-hydrogen) atoms. The number of fused-ring (bicyclic) bond motifs is 1. The summed E-state index contributed by atoms with van der Waals surface area (Å²) in [5.74, 6) is 0.0138. The molecule has 1 N–H and O–H groups in total. The van der Waals surface area contributed by atoms with E-state index in [1.54, 1.807) is 30.3 Å². The predicted octanol–water partition coefficient (Wildman–Crippen LogP) is 6.05. The number of benzene rings is 3. The molecule has 0 fully saturated rings. The fourth-order valence-electron chi connectivity index (χ4n) is 4.75. The van der Waals surface area contributed by atoms with Crippen LogP contribution >= 0.6 is 0 Å². The van der Waals surface area contributed by atoms with Crippen molar-refractivity contribution in [2.75, 3.05) is 10.8 Å². The van der Waals surface area contributed by atoms with Crippen molar-refractivity contribution in [1.29, 1.82) is 0 Å². The van der Waals surface area contributed by atoms with E-state index in [-0.39, 0.29) is 28.8 Å². The second kappa shape index (κ2) is 10.1. The number of aryl methyl sites for hydroxylation is 4. The number of anilines is 1. The van der Waals surface area contributed by atoms with Gasteiger partial charge in [0.15, 0.2) is 6.10 Å². The maximum absolute atomic E-state index is 13.9. The lowest BCUT2D eigenvalue weighted by Crippen LogP contribution is -2.51. The highest BCUT2D eigenvalue weighted by Crippen LogP contribution is 2.40. The van der Waals surface area contributed by atoms with Crippen LogP contribution in [0.25, 0.3) is 0 Å². The van der Waals surface area contributed by atoms with Gasteiger partial charge in [0, 0.05) is 0 Å². The number of nitrogens with one attached hydrogen (secondary N) is 1. The highest BCUT2D eigenvalue weighted by Gasteiger charge is 2.38. The van der Waals surface area contributed by atoms with E-state index in [0.717, 1.165) is 27.8 Å². The first-order chi connectivity index (χ1) is 17.7. The fraction of sp³-hybridized carbons (Fsp3) is 0.387. The molecule has 1 aliphatic rings. The number of rotatable bonds is 5. The molecule has 0 spiro atoms. The van der Waals surface area contributed by atoms with Gasteiger partial charge in [-0.2, -0.15) is 0 Å². The van der Waals surface area contributed by atoms with Gasteiger partial charge in [0.2, 0.25) is 0 Å². The van der Waals surface area contributed by atoms with Gasteiger partial charge in [0.1, 0.15) is 5.75 Å². The highest BCUT2D eigenvalue weighted by atomic mass is 32.2. The molecule has 2 atom stereocenters. The van der Waals surface area contributed by atoms with Crippen molar-refractivity contribution in [3.63, 3.8) is 0 Å². The van der Waals surface area contributed by atoms with E-state index < -0.39 is 16.1 Å². The summed E-state index contributed by atoms with van der Waals surface area (Å²) in [4.78, 5) is 13.7. The molecule has 0 bridgehead atoms. The van der Waals surface area contributed by atoms with Crippen LogP contribution in [0, 0.1) is 27.7 Å². The average molecular weight is 535 g/mol. The molecule has 4 rings (SSSR count). The first-order valence-corrected chi connectivity index (χ1v) is 14.4. The highest BCUT2D eigenvalue weighted by molar-refractivity contribution is 7.92. The minimum absolute atomic E-state index is 0.124. The number of hydrogen-bond acceptors (Lipinski definition) is 4. The second-order valence-corrected chi connectivity index (χ2v) is 13.3. The molecular weight excluding hydrogens is 496 g/mol. The van der Waals surface area contributed by atoms with Gasteiger partial charge in [-0.15, -0.1) is 0 Å². The van der Waals surface area contributed by atoms with E-state index >= 15 is 0 Å². The molecule has 1 heterocycles. The van der Waals surface area contributed by atoms with Crippen LogP contribution in [0.15, 0.2) is 59.5 Å². The number of nitrogens with zero attached hydrogens (tertiary/aromatic N) is 1. The summed E-state index contributed by atoms with van der Waals surface area (Å²) in [7, 11) is -3.95. The Morgan fingerprint density at radius 1 is 0.947 bits per heavy atom. The van der Waals surface area contributed by atoms with Crippen molar-refractivity contribution < 1.29 is 17.9 Å². The lowest BCUT2D eigenvalue weighted by Gasteiger charge is -2.36. The molecule has 0 saturated heterocycles. The Bertz CT molecular complexity index is 1470. The van der Waals surface area contributed by atoms with Crippen molar-refractivity contribution >= 4 is 21.6 Å². The summed E-state index contributed by atoms with van der Waals surface area (Å²) in [6.07, 6.45) is -1.00. The van der Waals surface area contributed by atoms with E-state index in [0.29, 0.717) is 11.4 Å². The molecule has 0 radical (unpaired) electrons. The van der Waals surface area contributed by atoms with E-state index in [1.165, 1.54) is 9.87 Å². The summed E-state index contributed by atoms with van der Waals surface area (Å²) in [6.45, 7) is 16.1. The van der Waals surface area contributed by atoms with Gasteiger partial charge in [0.25, 0.3) is 15.9 Å². The SMILES string of the molecule is Cc1ccc(S(=O)(=O)N2C[C@@H](C(=O)N[C@@H](C)c3cc(C)c(C)cc3C)Oc3ccc(C(C)(C)C)cc32)cc1. The molecule has 0 aromatic heterocycles. The monoisotopic (exact) mass is 534 g/mol. The molecule has 1 aliphatic heterocycles. The van der Waals surface area contributed by atoms with Crippen LogP contribution in [0.5, 0.6) is 5.75 Å². The lowest BCUT2D eigenvalue weighted by atomic mass is 9.86. The largest absolute Gasteiger partial charge is 0.476 e. The second-order valence-electron chi connectivity index (χ2n) is 11.4. The third-order valence-electron chi connectivity index (χ3n) is 7.30. The minimum atomic E-state index is -3.95. The van der Waals surface area contributed by atoms with Gasteiger partial charge in [-0.25, -0.2) is 8.42 Å². The van der Waals surface area contributed by atoms with E-state index in [1.807, 2.05) is 39.8 Å². The molecule has 0 aliphatic carbocycles. The minimum Gasteiger partial charge on any atom is -0.476 e. The number of amides is 1. The summed E-state index contributed by atoms with van der Waals surface area (Å²) in [6, 6.07) is 16.3. The normalized spacial score (nSPS) is 16.4. The molecule has 7 heteroatoms. The van der Waals surface area contributed by atoms with E-state index in [9.17, 15) is 13.2 Å². The van der Waals surface area contributed by atoms with Crippen LogP contribution in [-0.4, -0.2) is 27.0 Å². The standard InChI is InChI=1S/C31H38N2O4S/c1-19-9-12-25(13-10-19)38(35,36)33-18-29(37-28-14-11-24(17-27(28)33)31(6,7)8)30(34)32-23(5)26-16-21(3)20(2)15-22(26)4/h9-17,23,29H,18H2,1-8H3,(H,32,34)/t23-,29-/m0/s1. The number of ether oxygens (including phenoxy) is 1. The number of carbonyl (C=O) groups is 1. The summed E-state index contributed by atoms with van der Waals surface area (Å²) in [5, 5.41) is 3.05. The van der Waals surface area contributed by atoms with Gasteiger partial charge in [-0.05, 0) is 92.1 Å². The van der Waals surface area contributed by atoms with Crippen molar-refractivity contribution in [3.8, 4) is 5.75 Å². The quantitative estimate of drug-likeness (QED) is 0.432. The van der Waals surface area contributed by atoms with Crippen molar-refractivity contribution in [2.45, 2.75) is 77.8 Å². The van der Waals surface area contributed by atoms with Crippen LogP contribution in [0.1, 0.15) is 67.1 Å². The molecule has 0 unspecified atom stereocenters. The molecule has 3 aromatic rings. The maximum atomic E-state index is 13.9. The number of carbonyl (C=O) groups excluding carboxylic acids is 1. The third-order valence-corrected chi connectivity index (χ3v) is 9.10. The Kier molecular flexibility index (Phi) is 7.36. The number of hydrogen-bond donors (Lipinski definition) is 1. The summed E-state index contributed by atoms with van der Waals surface area (Å²) in [5.41, 5.74) is 6.66. The number of sulfonamides is 1. The van der Waals surface area contributed by atoms with Gasteiger partial charge in [0.05, 0.1) is 23.2 Å². The molecule has 1 amide bonds. The summed E-state index contributed by atoms with van der Waals surface area (Å²) < 4.78 is 35.2. The zero-order chi connectivity index (χ0) is 28.0. The zero-order valence-corrected chi connectivity index (χ0v) is 24.4. The van der Waals surface area contributed by atoms with E-state index in [4.69, 9.17) is 4.74 Å². The smallest absolute Gasteiger partial charge is 0.264 e. The van der Waals surface area contributed by atoms with Crippen molar-refractivity contribution in [3.05, 3.63) is 88.0 Å². The van der Waals surface area contributed by atoms with Crippen LogP contribution < -0.4 is 14.4 Å². The summed E-state index contributed by atoms with van der Waals surface area (Å²) >= 11 is 0. The third kappa shape index (κ3) is 5.44. The van der Waals surface area contributed by atoms with Gasteiger partial charge in [-0.3, -0.25) is 9.10 Å². The predicted molar refractivity (Wildman–Crippen MR) is 152 cm³/mol. The Morgan fingerprint density at radius 2 is 1.58 bits per heavy atom. The molecule has 6 nitrogen and oxygen atoms in total. The maximum Gasteiger partial charge on any atom is 0.264 e. The molecular formula is C31H38N2O4S. The molecule has 3 aromatic carbocycles. The van der Waals surface area contributed by atoms with Crippen LogP contribution in [0.2, 0.25) is 0 Å². The Balaban J connectivity index is 1.70. The van der Waals surface area contributed by atoms with Gasteiger partial charge in [-0.1, -0.05) is 56.7 Å². The van der Waals surface area contributed by atoms with Gasteiger partial charge < -0.3 is 10.1 Å². The molecule has 202 valence electrons. The van der Waals surface area contributed by atoms with E-state index in [2.05, 4.69) is 45.1 Å². The van der Waals surface area contributed by atoms with Gasteiger partial charge >= 0.3 is 0 Å². The Labute approximate surface area is 227 Å². The lowest BCUT2D eigenvalue weighted by molar-refractivity contribution is -0.128. The van der Waals surface area contributed by atoms with Crippen molar-refractivity contribution in [1.82, 2.24) is 5.32 Å². The Hall–Kier alpha value is -3.32. The first-order valence-electron chi connectivity index (χ1n) is 13.0. The Morgan fingerprint density at radius 3 is 2.21 bits per heavy atom. The topological polar surface area (TPSA) is 75.7 Å². The van der Waals surface area contributed by atoms with Crippen LogP contribution in [-0.2, 0) is 20.2 Å². The zero-order valence-electron chi connectivity index (χ0n) is 23.5. The van der Waals surface area contributed by atoms with Crippen LogP contribution in [0.3, 0.4) is 0 Å². The molecule has 0 saturated carbocycles. The van der Waals surface area contributed by atoms with Crippen LogP contribution in [0.4, 0.5) is 5.69 Å². The van der Waals surface area contributed by atoms with Crippen molar-refractivity contribution in [2.24, 2.45) is 0 Å². The average Bonchev–Trinajstić information content (AvgIpc) is 2.84. The fourth-order valence-corrected chi connectivity index (χ4v) is 6.22. The first kappa shape index (κ1) is 27.7.